The molecular weight excluding hydrogens is 214 g/mol. The van der Waals surface area contributed by atoms with Crippen LogP contribution in [-0.4, -0.2) is 17.0 Å². The first kappa shape index (κ1) is 9.67. The fraction of sp³-hybridized carbons (Fsp3) is 0. The van der Waals surface area contributed by atoms with Crippen molar-refractivity contribution in [2.75, 3.05) is 5.32 Å². The molecule has 1 aromatic carbocycles. The predicted molar refractivity (Wildman–Crippen MR) is 58.1 cm³/mol. The summed E-state index contributed by atoms with van der Waals surface area (Å²) < 4.78 is 1.10. The van der Waals surface area contributed by atoms with E-state index in [2.05, 4.69) is 5.32 Å². The Morgan fingerprint density at radius 1 is 1.27 bits per heavy atom. The number of aliphatic carboxylic acids is 1. The first-order valence-electron chi connectivity index (χ1n) is 4.18. The predicted octanol–water partition coefficient (Wildman–Crippen LogP) is 1.92. The van der Waals surface area contributed by atoms with Crippen LogP contribution < -0.4 is 5.32 Å². The Bertz CT molecular complexity index is 532. The van der Waals surface area contributed by atoms with Crippen LogP contribution in [0.3, 0.4) is 0 Å². The largest absolute Gasteiger partial charge is 0.474 e. The zero-order chi connectivity index (χ0) is 10.8. The number of anilines is 1. The van der Waals surface area contributed by atoms with Crippen molar-refractivity contribution >= 4 is 39.0 Å². The molecule has 15 heavy (non-hydrogen) atoms. The number of hydrogen-bond donors (Lipinski definition) is 2. The number of nitrogens with one attached hydrogen (secondary N) is 1. The molecule has 2 aromatic rings. The van der Waals surface area contributed by atoms with E-state index in [-0.39, 0.29) is 0 Å². The van der Waals surface area contributed by atoms with Crippen molar-refractivity contribution in [2.24, 2.45) is 0 Å². The molecule has 0 bridgehead atoms. The number of rotatable bonds is 1. The van der Waals surface area contributed by atoms with Gasteiger partial charge < -0.3 is 10.4 Å². The topological polar surface area (TPSA) is 66.4 Å². The van der Waals surface area contributed by atoms with Crippen LogP contribution in [0, 0.1) is 0 Å². The lowest BCUT2D eigenvalue weighted by atomic mass is 10.2. The van der Waals surface area contributed by atoms with Gasteiger partial charge in [0.2, 0.25) is 0 Å². The van der Waals surface area contributed by atoms with Gasteiger partial charge in [-0.05, 0) is 35.0 Å². The molecule has 0 unspecified atom stereocenters. The van der Waals surface area contributed by atoms with E-state index in [1.165, 1.54) is 0 Å². The zero-order valence-electron chi connectivity index (χ0n) is 7.56. The van der Waals surface area contributed by atoms with Crippen molar-refractivity contribution in [1.82, 2.24) is 0 Å². The Kier molecular flexibility index (Phi) is 2.39. The lowest BCUT2D eigenvalue weighted by Crippen LogP contribution is -2.21. The first-order valence-corrected chi connectivity index (χ1v) is 5.06. The Balaban J connectivity index is 2.28. The third-order valence-electron chi connectivity index (χ3n) is 1.90. The molecule has 0 spiro atoms. The maximum atomic E-state index is 10.9. The van der Waals surface area contributed by atoms with Gasteiger partial charge in [-0.15, -0.1) is 11.3 Å². The molecule has 2 rings (SSSR count). The molecule has 0 aliphatic carbocycles. The summed E-state index contributed by atoms with van der Waals surface area (Å²) in [4.78, 5) is 21.2. The van der Waals surface area contributed by atoms with Gasteiger partial charge in [-0.1, -0.05) is 0 Å². The van der Waals surface area contributed by atoms with Gasteiger partial charge in [0, 0.05) is 10.4 Å². The number of carboxylic acids is 1. The minimum absolute atomic E-state index is 0.494. The van der Waals surface area contributed by atoms with Crippen molar-refractivity contribution in [3.05, 3.63) is 29.6 Å². The highest BCUT2D eigenvalue weighted by molar-refractivity contribution is 7.17. The highest BCUT2D eigenvalue weighted by Gasteiger charge is 2.10. The second-order valence-corrected chi connectivity index (χ2v) is 3.88. The summed E-state index contributed by atoms with van der Waals surface area (Å²) in [5.74, 6) is -2.51. The molecule has 2 N–H and O–H groups in total. The van der Waals surface area contributed by atoms with Gasteiger partial charge in [-0.2, -0.15) is 0 Å². The Hall–Kier alpha value is -1.88. The molecule has 0 fully saturated rings. The van der Waals surface area contributed by atoms with Crippen LogP contribution >= 0.6 is 11.3 Å². The van der Waals surface area contributed by atoms with E-state index in [1.807, 2.05) is 17.5 Å². The van der Waals surface area contributed by atoms with E-state index in [1.54, 1.807) is 23.5 Å². The number of benzene rings is 1. The van der Waals surface area contributed by atoms with Crippen LogP contribution in [0.4, 0.5) is 5.69 Å². The minimum Gasteiger partial charge on any atom is -0.474 e. The second kappa shape index (κ2) is 3.70. The molecule has 5 heteroatoms. The summed E-state index contributed by atoms with van der Waals surface area (Å²) in [5, 5.41) is 13.6. The summed E-state index contributed by atoms with van der Waals surface area (Å²) in [5.41, 5.74) is 0.494. The molecule has 0 saturated heterocycles. The van der Waals surface area contributed by atoms with Crippen molar-refractivity contribution in [2.45, 2.75) is 0 Å². The van der Waals surface area contributed by atoms with Crippen LogP contribution in [0.5, 0.6) is 0 Å². The van der Waals surface area contributed by atoms with Crippen LogP contribution in [-0.2, 0) is 9.59 Å². The summed E-state index contributed by atoms with van der Waals surface area (Å²) in [7, 11) is 0. The van der Waals surface area contributed by atoms with Gasteiger partial charge in [0.05, 0.1) is 0 Å². The molecule has 4 nitrogen and oxygen atoms in total. The number of thiophene rings is 1. The normalized spacial score (nSPS) is 10.1. The van der Waals surface area contributed by atoms with Gasteiger partial charge in [-0.25, -0.2) is 4.79 Å². The van der Waals surface area contributed by atoms with E-state index < -0.39 is 11.9 Å². The fourth-order valence-corrected chi connectivity index (χ4v) is 2.00. The van der Waals surface area contributed by atoms with E-state index in [4.69, 9.17) is 5.11 Å². The number of carbonyl (C=O) groups is 2. The first-order chi connectivity index (χ1) is 7.16. The molecule has 0 saturated carbocycles. The molecule has 0 aliphatic rings. The van der Waals surface area contributed by atoms with E-state index in [0.717, 1.165) is 10.1 Å². The summed E-state index contributed by atoms with van der Waals surface area (Å²) in [6, 6.07) is 7.18. The maximum absolute atomic E-state index is 10.9. The van der Waals surface area contributed by atoms with Crippen LogP contribution in [0.15, 0.2) is 29.6 Å². The molecule has 1 heterocycles. The number of fused-ring (bicyclic) bond motifs is 1. The third kappa shape index (κ3) is 1.97. The summed E-state index contributed by atoms with van der Waals surface area (Å²) in [6.07, 6.45) is 0. The molecular formula is C10H7NO3S. The number of amides is 1. The summed E-state index contributed by atoms with van der Waals surface area (Å²) >= 11 is 1.59. The summed E-state index contributed by atoms with van der Waals surface area (Å²) in [6.45, 7) is 0. The molecule has 0 aliphatic heterocycles. The molecule has 76 valence electrons. The third-order valence-corrected chi connectivity index (χ3v) is 2.80. The lowest BCUT2D eigenvalue weighted by Gasteiger charge is -2.01. The Labute approximate surface area is 89.2 Å². The van der Waals surface area contributed by atoms with E-state index in [9.17, 15) is 9.59 Å². The molecule has 1 amide bonds. The maximum Gasteiger partial charge on any atom is 0.394 e. The quantitative estimate of drug-likeness (QED) is 0.723. The standard InChI is InChI=1S/C10H7NO3S/c12-9(10(13)14)11-7-1-2-8-6(5-7)3-4-15-8/h1-5H,(H,11,12)(H,13,14). The molecule has 0 radical (unpaired) electrons. The van der Waals surface area contributed by atoms with E-state index in [0.29, 0.717) is 5.69 Å². The number of hydrogen-bond acceptors (Lipinski definition) is 3. The van der Waals surface area contributed by atoms with Gasteiger partial charge >= 0.3 is 11.9 Å². The van der Waals surface area contributed by atoms with Gasteiger partial charge in [0.25, 0.3) is 0 Å². The van der Waals surface area contributed by atoms with Gasteiger partial charge in [-0.3, -0.25) is 4.79 Å². The lowest BCUT2D eigenvalue weighted by molar-refractivity contribution is -0.147. The average Bonchev–Trinajstić information content (AvgIpc) is 2.64. The SMILES string of the molecule is O=C(O)C(=O)Nc1ccc2sccc2c1. The van der Waals surface area contributed by atoms with Crippen LogP contribution in [0.1, 0.15) is 0 Å². The fourth-order valence-electron chi connectivity index (χ4n) is 1.23. The average molecular weight is 221 g/mol. The Morgan fingerprint density at radius 3 is 2.80 bits per heavy atom. The minimum atomic E-state index is -1.49. The van der Waals surface area contributed by atoms with Crippen LogP contribution in [0.2, 0.25) is 0 Å². The molecule has 1 aromatic heterocycles. The smallest absolute Gasteiger partial charge is 0.394 e. The van der Waals surface area contributed by atoms with Gasteiger partial charge in [0.15, 0.2) is 0 Å². The van der Waals surface area contributed by atoms with Crippen molar-refractivity contribution < 1.29 is 14.7 Å². The van der Waals surface area contributed by atoms with Gasteiger partial charge in [0.1, 0.15) is 0 Å². The highest BCUT2D eigenvalue weighted by Crippen LogP contribution is 2.23. The Morgan fingerprint density at radius 2 is 2.07 bits per heavy atom. The monoisotopic (exact) mass is 221 g/mol. The van der Waals surface area contributed by atoms with Crippen molar-refractivity contribution in [3.8, 4) is 0 Å². The highest BCUT2D eigenvalue weighted by atomic mass is 32.1. The zero-order valence-corrected chi connectivity index (χ0v) is 8.38. The number of carboxylic acid groups (broad SMARTS) is 1. The number of carbonyl (C=O) groups excluding carboxylic acids is 1. The van der Waals surface area contributed by atoms with Crippen LogP contribution in [0.25, 0.3) is 10.1 Å². The molecule has 0 atom stereocenters. The van der Waals surface area contributed by atoms with Crippen molar-refractivity contribution in [3.63, 3.8) is 0 Å². The van der Waals surface area contributed by atoms with Crippen molar-refractivity contribution in [1.29, 1.82) is 0 Å². The van der Waals surface area contributed by atoms with E-state index >= 15 is 0 Å². The second-order valence-electron chi connectivity index (χ2n) is 2.93.